The van der Waals surface area contributed by atoms with Crippen LogP contribution in [0.4, 0.5) is 0 Å². The van der Waals surface area contributed by atoms with Crippen molar-refractivity contribution in [1.29, 1.82) is 0 Å². The first-order valence-electron chi connectivity index (χ1n) is 7.01. The third kappa shape index (κ3) is 5.51. The molecule has 0 saturated heterocycles. The lowest BCUT2D eigenvalue weighted by Crippen LogP contribution is -2.48. The zero-order valence-corrected chi connectivity index (χ0v) is 13.3. The van der Waals surface area contributed by atoms with E-state index < -0.39 is 5.54 Å². The summed E-state index contributed by atoms with van der Waals surface area (Å²) in [5, 5.41) is 3.08. The second-order valence-corrected chi connectivity index (χ2v) is 5.96. The molecule has 1 unspecified atom stereocenters. The van der Waals surface area contributed by atoms with Gasteiger partial charge in [0, 0.05) is 17.3 Å². The number of ether oxygens (including phenoxy) is 1. The topological polar surface area (TPSA) is 51.2 Å². The standard InChI is InChI=1S/C15H24N2O2S/c1-4-19-14(18)15(2,16-3)9-5-6-12-20-13-7-10-17-11-8-13/h7-8,10-11,16H,4-6,9,12H2,1-3H3. The SMILES string of the molecule is CCOC(=O)C(C)(CCCCSc1ccncc1)NC. The van der Waals surface area contributed by atoms with Gasteiger partial charge in [-0.05, 0) is 51.6 Å². The number of likely N-dealkylation sites (N-methyl/N-ethyl adjacent to an activating group) is 1. The third-order valence-electron chi connectivity index (χ3n) is 3.27. The molecule has 0 aromatic carbocycles. The summed E-state index contributed by atoms with van der Waals surface area (Å²) in [7, 11) is 1.81. The van der Waals surface area contributed by atoms with E-state index in [9.17, 15) is 4.79 Å². The van der Waals surface area contributed by atoms with Crippen LogP contribution in [0.2, 0.25) is 0 Å². The van der Waals surface area contributed by atoms with Gasteiger partial charge in [0.25, 0.3) is 0 Å². The smallest absolute Gasteiger partial charge is 0.326 e. The van der Waals surface area contributed by atoms with Crippen LogP contribution in [0.3, 0.4) is 0 Å². The van der Waals surface area contributed by atoms with Crippen molar-refractivity contribution in [1.82, 2.24) is 10.3 Å². The zero-order valence-electron chi connectivity index (χ0n) is 12.5. The maximum Gasteiger partial charge on any atom is 0.326 e. The zero-order chi connectivity index (χ0) is 14.8. The molecule has 4 nitrogen and oxygen atoms in total. The van der Waals surface area contributed by atoms with Gasteiger partial charge in [-0.1, -0.05) is 6.42 Å². The average molecular weight is 296 g/mol. The maximum atomic E-state index is 11.9. The fourth-order valence-electron chi connectivity index (χ4n) is 1.82. The molecule has 5 heteroatoms. The molecule has 1 atom stereocenters. The predicted octanol–water partition coefficient (Wildman–Crippen LogP) is 2.89. The van der Waals surface area contributed by atoms with Gasteiger partial charge in [-0.2, -0.15) is 0 Å². The van der Waals surface area contributed by atoms with E-state index in [2.05, 4.69) is 10.3 Å². The Hall–Kier alpha value is -1.07. The van der Waals surface area contributed by atoms with Crippen LogP contribution in [-0.4, -0.2) is 35.9 Å². The van der Waals surface area contributed by atoms with E-state index in [4.69, 9.17) is 4.74 Å². The number of pyridine rings is 1. The number of carbonyl (C=O) groups excluding carboxylic acids is 1. The molecule has 0 fully saturated rings. The molecule has 0 bridgehead atoms. The van der Waals surface area contributed by atoms with Gasteiger partial charge in [0.05, 0.1) is 6.61 Å². The first-order valence-corrected chi connectivity index (χ1v) is 8.00. The molecule has 1 N–H and O–H groups in total. The lowest BCUT2D eigenvalue weighted by Gasteiger charge is -2.26. The minimum absolute atomic E-state index is 0.163. The van der Waals surface area contributed by atoms with Crippen LogP contribution >= 0.6 is 11.8 Å². The number of thioether (sulfide) groups is 1. The Morgan fingerprint density at radius 3 is 2.70 bits per heavy atom. The van der Waals surface area contributed by atoms with Crippen molar-refractivity contribution in [2.75, 3.05) is 19.4 Å². The molecule has 0 spiro atoms. The summed E-state index contributed by atoms with van der Waals surface area (Å²) >= 11 is 1.82. The third-order valence-corrected chi connectivity index (χ3v) is 4.37. The van der Waals surface area contributed by atoms with Crippen molar-refractivity contribution in [3.63, 3.8) is 0 Å². The van der Waals surface area contributed by atoms with Crippen LogP contribution in [0.5, 0.6) is 0 Å². The molecular formula is C15H24N2O2S. The van der Waals surface area contributed by atoms with Crippen LogP contribution in [0.15, 0.2) is 29.4 Å². The minimum Gasteiger partial charge on any atom is -0.465 e. The molecule has 0 amide bonds. The molecule has 0 aliphatic heterocycles. The van der Waals surface area contributed by atoms with Crippen LogP contribution in [0.25, 0.3) is 0 Å². The Morgan fingerprint density at radius 1 is 1.40 bits per heavy atom. The summed E-state index contributed by atoms with van der Waals surface area (Å²) in [6.07, 6.45) is 6.47. The molecule has 0 aliphatic carbocycles. The molecule has 1 rings (SSSR count). The second-order valence-electron chi connectivity index (χ2n) is 4.79. The predicted molar refractivity (Wildman–Crippen MR) is 82.9 cm³/mol. The van der Waals surface area contributed by atoms with Crippen molar-refractivity contribution in [2.45, 2.75) is 43.5 Å². The Balaban J connectivity index is 2.26. The largest absolute Gasteiger partial charge is 0.465 e. The Labute approximate surface area is 125 Å². The van der Waals surface area contributed by atoms with Gasteiger partial charge >= 0.3 is 5.97 Å². The Morgan fingerprint density at radius 2 is 2.10 bits per heavy atom. The normalized spacial score (nSPS) is 13.8. The van der Waals surface area contributed by atoms with E-state index in [1.807, 2.05) is 44.8 Å². The highest BCUT2D eigenvalue weighted by molar-refractivity contribution is 7.99. The molecule has 1 aromatic heterocycles. The summed E-state index contributed by atoms with van der Waals surface area (Å²) in [4.78, 5) is 17.1. The number of rotatable bonds is 9. The Kier molecular flexibility index (Phi) is 7.62. The maximum absolute atomic E-state index is 11.9. The highest BCUT2D eigenvalue weighted by atomic mass is 32.2. The van der Waals surface area contributed by atoms with Crippen molar-refractivity contribution >= 4 is 17.7 Å². The van der Waals surface area contributed by atoms with Gasteiger partial charge in [-0.15, -0.1) is 11.8 Å². The number of aromatic nitrogens is 1. The lowest BCUT2D eigenvalue weighted by atomic mass is 9.95. The van der Waals surface area contributed by atoms with Crippen LogP contribution in [0.1, 0.15) is 33.1 Å². The second kappa shape index (κ2) is 8.97. The molecular weight excluding hydrogens is 272 g/mol. The van der Waals surface area contributed by atoms with Crippen molar-refractivity contribution in [3.8, 4) is 0 Å². The van der Waals surface area contributed by atoms with Crippen molar-refractivity contribution in [2.24, 2.45) is 0 Å². The number of hydrogen-bond donors (Lipinski definition) is 1. The van der Waals surface area contributed by atoms with Gasteiger partial charge in [-0.3, -0.25) is 9.78 Å². The highest BCUT2D eigenvalue weighted by Gasteiger charge is 2.31. The molecule has 1 heterocycles. The molecule has 0 saturated carbocycles. The quantitative estimate of drug-likeness (QED) is 0.431. The molecule has 0 radical (unpaired) electrons. The molecule has 20 heavy (non-hydrogen) atoms. The number of nitrogens with one attached hydrogen (secondary N) is 1. The van der Waals surface area contributed by atoms with E-state index in [0.717, 1.165) is 25.0 Å². The monoisotopic (exact) mass is 296 g/mol. The first kappa shape index (κ1) is 17.0. The van der Waals surface area contributed by atoms with E-state index >= 15 is 0 Å². The number of unbranched alkanes of at least 4 members (excludes halogenated alkanes) is 1. The fourth-order valence-corrected chi connectivity index (χ4v) is 2.72. The van der Waals surface area contributed by atoms with Gasteiger partial charge in [0.15, 0.2) is 0 Å². The molecule has 1 aromatic rings. The average Bonchev–Trinajstić information content (AvgIpc) is 2.48. The van der Waals surface area contributed by atoms with Crippen LogP contribution < -0.4 is 5.32 Å². The van der Waals surface area contributed by atoms with E-state index in [-0.39, 0.29) is 5.97 Å². The number of nitrogens with zero attached hydrogens (tertiary/aromatic N) is 1. The fraction of sp³-hybridized carbons (Fsp3) is 0.600. The van der Waals surface area contributed by atoms with E-state index in [1.54, 1.807) is 12.4 Å². The summed E-state index contributed by atoms with van der Waals surface area (Å²) in [6.45, 7) is 4.16. The van der Waals surface area contributed by atoms with E-state index in [1.165, 1.54) is 4.90 Å². The van der Waals surface area contributed by atoms with Crippen molar-refractivity contribution < 1.29 is 9.53 Å². The summed E-state index contributed by atoms with van der Waals surface area (Å²) < 4.78 is 5.11. The highest BCUT2D eigenvalue weighted by Crippen LogP contribution is 2.21. The molecule has 112 valence electrons. The van der Waals surface area contributed by atoms with Gasteiger partial charge < -0.3 is 10.1 Å². The number of hydrogen-bond acceptors (Lipinski definition) is 5. The van der Waals surface area contributed by atoms with Gasteiger partial charge in [-0.25, -0.2) is 0 Å². The first-order chi connectivity index (χ1) is 9.62. The van der Waals surface area contributed by atoms with E-state index in [0.29, 0.717) is 6.61 Å². The molecule has 0 aliphatic rings. The van der Waals surface area contributed by atoms with Crippen molar-refractivity contribution in [3.05, 3.63) is 24.5 Å². The summed E-state index contributed by atoms with van der Waals surface area (Å²) in [6, 6.07) is 4.03. The van der Waals surface area contributed by atoms with Gasteiger partial charge in [0.1, 0.15) is 5.54 Å². The van der Waals surface area contributed by atoms with Crippen LogP contribution in [-0.2, 0) is 9.53 Å². The summed E-state index contributed by atoms with van der Waals surface area (Å²) in [5.41, 5.74) is -0.572. The van der Waals surface area contributed by atoms with Gasteiger partial charge in [0.2, 0.25) is 0 Å². The summed E-state index contributed by atoms with van der Waals surface area (Å²) in [5.74, 6) is 0.886. The minimum atomic E-state index is -0.572. The number of esters is 1. The lowest BCUT2D eigenvalue weighted by molar-refractivity contribution is -0.150. The van der Waals surface area contributed by atoms with Crippen LogP contribution in [0, 0.1) is 0 Å². The Bertz CT molecular complexity index is 400. The number of carbonyl (C=O) groups is 1.